The minimum Gasteiger partial charge on any atom is -0.396 e. The molecular formula is C16H22N2O. The van der Waals surface area contributed by atoms with E-state index in [0.29, 0.717) is 19.1 Å². The van der Waals surface area contributed by atoms with E-state index >= 15 is 0 Å². The number of nitrogens with two attached hydrogens (primary N) is 1. The van der Waals surface area contributed by atoms with Gasteiger partial charge in [0.2, 0.25) is 0 Å². The Hall–Kier alpha value is -1.34. The molecule has 19 heavy (non-hydrogen) atoms. The summed E-state index contributed by atoms with van der Waals surface area (Å²) < 4.78 is 0. The number of nitrogens with zero attached hydrogens (tertiary/aromatic N) is 1. The molecule has 2 rings (SSSR count). The largest absolute Gasteiger partial charge is 0.396 e. The molecule has 1 heterocycles. The van der Waals surface area contributed by atoms with Crippen molar-refractivity contribution in [3.8, 4) is 11.8 Å². The lowest BCUT2D eigenvalue weighted by molar-refractivity contribution is 0.116. The maximum atomic E-state index is 9.26. The zero-order chi connectivity index (χ0) is 13.5. The minimum atomic E-state index is 0.304. The molecule has 0 aliphatic carbocycles. The minimum absolute atomic E-state index is 0.304. The second kappa shape index (κ2) is 7.30. The molecule has 1 fully saturated rings. The molecule has 1 unspecified atom stereocenters. The van der Waals surface area contributed by atoms with Gasteiger partial charge in [0.1, 0.15) is 0 Å². The Kier molecular flexibility index (Phi) is 5.41. The summed E-state index contributed by atoms with van der Waals surface area (Å²) in [5.41, 5.74) is 7.70. The summed E-state index contributed by atoms with van der Waals surface area (Å²) in [6.45, 7) is 3.76. The van der Waals surface area contributed by atoms with Gasteiger partial charge in [0.25, 0.3) is 0 Å². The van der Waals surface area contributed by atoms with Crippen LogP contribution < -0.4 is 5.73 Å². The molecule has 0 amide bonds. The van der Waals surface area contributed by atoms with Gasteiger partial charge < -0.3 is 10.8 Å². The lowest BCUT2D eigenvalue weighted by Gasteiger charge is -2.31. The van der Waals surface area contributed by atoms with Gasteiger partial charge in [0.15, 0.2) is 0 Å². The van der Waals surface area contributed by atoms with E-state index in [2.05, 4.69) is 28.9 Å². The highest BCUT2D eigenvalue weighted by Gasteiger charge is 2.18. The van der Waals surface area contributed by atoms with Crippen LogP contribution in [-0.2, 0) is 6.54 Å². The molecule has 0 aromatic heterocycles. The third-order valence-corrected chi connectivity index (χ3v) is 3.53. The zero-order valence-corrected chi connectivity index (χ0v) is 11.3. The first-order valence-electron chi connectivity index (χ1n) is 6.93. The lowest BCUT2D eigenvalue weighted by Crippen LogP contribution is -2.36. The van der Waals surface area contributed by atoms with Gasteiger partial charge in [-0.1, -0.05) is 24.0 Å². The summed E-state index contributed by atoms with van der Waals surface area (Å²) in [6.07, 6.45) is 2.33. The highest BCUT2D eigenvalue weighted by molar-refractivity contribution is 5.37. The van der Waals surface area contributed by atoms with Crippen molar-refractivity contribution >= 4 is 0 Å². The summed E-state index contributed by atoms with van der Waals surface area (Å²) >= 11 is 0. The monoisotopic (exact) mass is 258 g/mol. The number of piperidine rings is 1. The summed E-state index contributed by atoms with van der Waals surface area (Å²) in [7, 11) is 0. The lowest BCUT2D eigenvalue weighted by atomic mass is 9.98. The Morgan fingerprint density at radius 2 is 2.32 bits per heavy atom. The molecule has 3 N–H and O–H groups in total. The molecule has 0 saturated carbocycles. The number of aliphatic hydroxyl groups is 1. The fraction of sp³-hybridized carbons (Fsp3) is 0.500. The van der Waals surface area contributed by atoms with E-state index in [1.807, 2.05) is 12.1 Å². The smallest absolute Gasteiger partial charge is 0.0555 e. The van der Waals surface area contributed by atoms with Gasteiger partial charge in [-0.25, -0.2) is 0 Å². The fourth-order valence-electron chi connectivity index (χ4n) is 2.60. The van der Waals surface area contributed by atoms with Crippen LogP contribution in [0, 0.1) is 17.8 Å². The van der Waals surface area contributed by atoms with E-state index in [9.17, 15) is 5.11 Å². The van der Waals surface area contributed by atoms with E-state index in [0.717, 1.165) is 31.6 Å². The average Bonchev–Trinajstić information content (AvgIpc) is 2.46. The van der Waals surface area contributed by atoms with Gasteiger partial charge in [-0.05, 0) is 43.0 Å². The van der Waals surface area contributed by atoms with Gasteiger partial charge in [0.05, 0.1) is 6.54 Å². The maximum Gasteiger partial charge on any atom is 0.0555 e. The second-order valence-corrected chi connectivity index (χ2v) is 5.13. The SMILES string of the molecule is NCC#Cc1cccc(CN2CCCC(CO)C2)c1. The normalized spacial score (nSPS) is 19.8. The second-order valence-electron chi connectivity index (χ2n) is 5.13. The first-order chi connectivity index (χ1) is 9.31. The topological polar surface area (TPSA) is 49.5 Å². The molecule has 0 bridgehead atoms. The molecule has 3 nitrogen and oxygen atoms in total. The Morgan fingerprint density at radius 1 is 1.42 bits per heavy atom. The van der Waals surface area contributed by atoms with Crippen molar-refractivity contribution in [2.24, 2.45) is 11.7 Å². The zero-order valence-electron chi connectivity index (χ0n) is 11.3. The molecule has 1 saturated heterocycles. The standard InChI is InChI=1S/C16H22N2O/c17-8-2-6-14-4-1-5-15(10-14)11-18-9-3-7-16(12-18)13-19/h1,4-5,10,16,19H,3,7-9,11-13,17H2. The van der Waals surface area contributed by atoms with Crippen molar-refractivity contribution in [1.29, 1.82) is 0 Å². The van der Waals surface area contributed by atoms with Crippen molar-refractivity contribution < 1.29 is 5.11 Å². The van der Waals surface area contributed by atoms with Crippen molar-refractivity contribution in [2.45, 2.75) is 19.4 Å². The summed E-state index contributed by atoms with van der Waals surface area (Å²) in [6, 6.07) is 8.32. The maximum absolute atomic E-state index is 9.26. The van der Waals surface area contributed by atoms with E-state index in [-0.39, 0.29) is 0 Å². The van der Waals surface area contributed by atoms with Crippen LogP contribution in [0.3, 0.4) is 0 Å². The Morgan fingerprint density at radius 3 is 3.11 bits per heavy atom. The average molecular weight is 258 g/mol. The van der Waals surface area contributed by atoms with Crippen LogP contribution in [0.25, 0.3) is 0 Å². The van der Waals surface area contributed by atoms with Crippen LogP contribution in [0.4, 0.5) is 0 Å². The van der Waals surface area contributed by atoms with Crippen molar-refractivity contribution in [2.75, 3.05) is 26.2 Å². The van der Waals surface area contributed by atoms with Gasteiger partial charge in [-0.2, -0.15) is 0 Å². The first-order valence-corrected chi connectivity index (χ1v) is 6.93. The number of hydrogen-bond donors (Lipinski definition) is 2. The quantitative estimate of drug-likeness (QED) is 0.801. The van der Waals surface area contributed by atoms with Crippen molar-refractivity contribution in [3.05, 3.63) is 35.4 Å². The molecule has 3 heteroatoms. The summed E-state index contributed by atoms with van der Waals surface area (Å²) in [5.74, 6) is 6.39. The van der Waals surface area contributed by atoms with E-state index in [4.69, 9.17) is 5.73 Å². The Balaban J connectivity index is 1.98. The van der Waals surface area contributed by atoms with Crippen LogP contribution >= 0.6 is 0 Å². The number of hydrogen-bond acceptors (Lipinski definition) is 3. The molecule has 1 atom stereocenters. The summed E-state index contributed by atoms with van der Waals surface area (Å²) in [5, 5.41) is 9.26. The van der Waals surface area contributed by atoms with E-state index in [1.165, 1.54) is 12.0 Å². The molecule has 1 aliphatic rings. The predicted octanol–water partition coefficient (Wildman–Crippen LogP) is 1.20. The van der Waals surface area contributed by atoms with Crippen LogP contribution in [-0.4, -0.2) is 36.2 Å². The molecule has 0 radical (unpaired) electrons. The van der Waals surface area contributed by atoms with E-state index < -0.39 is 0 Å². The van der Waals surface area contributed by atoms with Crippen LogP contribution in [0.2, 0.25) is 0 Å². The van der Waals surface area contributed by atoms with E-state index in [1.54, 1.807) is 0 Å². The third kappa shape index (κ3) is 4.36. The van der Waals surface area contributed by atoms with Crippen molar-refractivity contribution in [1.82, 2.24) is 4.90 Å². The van der Waals surface area contributed by atoms with Gasteiger partial charge in [-0.3, -0.25) is 4.90 Å². The van der Waals surface area contributed by atoms with Crippen LogP contribution in [0.15, 0.2) is 24.3 Å². The molecule has 1 aliphatic heterocycles. The van der Waals surface area contributed by atoms with Crippen molar-refractivity contribution in [3.63, 3.8) is 0 Å². The molecule has 102 valence electrons. The number of rotatable bonds is 3. The first kappa shape index (κ1) is 14.1. The molecular weight excluding hydrogens is 236 g/mol. The van der Waals surface area contributed by atoms with Crippen LogP contribution in [0.1, 0.15) is 24.0 Å². The van der Waals surface area contributed by atoms with Gasteiger partial charge >= 0.3 is 0 Å². The third-order valence-electron chi connectivity index (χ3n) is 3.53. The molecule has 0 spiro atoms. The number of aliphatic hydroxyl groups excluding tert-OH is 1. The molecule has 1 aromatic rings. The number of likely N-dealkylation sites (tertiary alicyclic amines) is 1. The predicted molar refractivity (Wildman–Crippen MR) is 77.5 cm³/mol. The Bertz CT molecular complexity index is 461. The van der Waals surface area contributed by atoms with Gasteiger partial charge in [-0.15, -0.1) is 0 Å². The molecule has 1 aromatic carbocycles. The number of benzene rings is 1. The highest BCUT2D eigenvalue weighted by Crippen LogP contribution is 2.18. The van der Waals surface area contributed by atoms with Gasteiger partial charge in [0, 0.05) is 25.3 Å². The van der Waals surface area contributed by atoms with Crippen LogP contribution in [0.5, 0.6) is 0 Å². The summed E-state index contributed by atoms with van der Waals surface area (Å²) in [4.78, 5) is 2.42. The highest BCUT2D eigenvalue weighted by atomic mass is 16.3. The Labute approximate surface area is 115 Å². The fourth-order valence-corrected chi connectivity index (χ4v) is 2.60.